The monoisotopic (exact) mass is 267 g/mol. The Labute approximate surface area is 113 Å². The molecule has 0 bridgehead atoms. The number of carbonyl (C=O) groups excluding carboxylic acids is 1. The Kier molecular flexibility index (Phi) is 4.93. The van der Waals surface area contributed by atoms with Crippen LogP contribution in [-0.4, -0.2) is 48.8 Å². The third-order valence-corrected chi connectivity index (χ3v) is 3.10. The number of ether oxygens (including phenoxy) is 1. The first-order chi connectivity index (χ1) is 9.13. The normalized spacial score (nSPS) is 19.6. The topological polar surface area (TPSA) is 67.6 Å². The second-order valence-corrected chi connectivity index (χ2v) is 5.06. The van der Waals surface area contributed by atoms with E-state index in [9.17, 15) is 4.79 Å². The molecule has 1 fully saturated rings. The number of aromatic nitrogens is 1. The van der Waals surface area contributed by atoms with Crippen molar-refractivity contribution in [1.82, 2.24) is 10.1 Å². The van der Waals surface area contributed by atoms with E-state index in [-0.39, 0.29) is 12.0 Å². The molecule has 1 aliphatic rings. The molecule has 1 aromatic rings. The van der Waals surface area contributed by atoms with Crippen LogP contribution in [0.1, 0.15) is 25.0 Å². The Morgan fingerprint density at radius 2 is 2.42 bits per heavy atom. The lowest BCUT2D eigenvalue weighted by atomic mass is 10.1. The zero-order valence-electron chi connectivity index (χ0n) is 11.5. The highest BCUT2D eigenvalue weighted by Crippen LogP contribution is 2.13. The van der Waals surface area contributed by atoms with Crippen LogP contribution in [0, 0.1) is 6.92 Å². The van der Waals surface area contributed by atoms with Gasteiger partial charge in [-0.15, -0.1) is 0 Å². The van der Waals surface area contributed by atoms with Gasteiger partial charge in [0.25, 0.3) is 0 Å². The van der Waals surface area contributed by atoms with E-state index in [4.69, 9.17) is 9.26 Å². The Hall–Kier alpha value is -1.40. The molecular weight excluding hydrogens is 246 g/mol. The van der Waals surface area contributed by atoms with E-state index < -0.39 is 0 Å². The van der Waals surface area contributed by atoms with E-state index in [1.165, 1.54) is 6.42 Å². The molecule has 6 heteroatoms. The summed E-state index contributed by atoms with van der Waals surface area (Å²) in [6, 6.07) is 1.70. The van der Waals surface area contributed by atoms with Crippen molar-refractivity contribution in [2.24, 2.45) is 0 Å². The minimum absolute atomic E-state index is 0.0911. The number of aryl methyl sites for hydroxylation is 1. The number of amides is 1. The van der Waals surface area contributed by atoms with Gasteiger partial charge in [0.05, 0.1) is 12.6 Å². The summed E-state index contributed by atoms with van der Waals surface area (Å²) < 4.78 is 10.5. The number of likely N-dealkylation sites (N-methyl/N-ethyl adjacent to an activating group) is 1. The first-order valence-electron chi connectivity index (χ1n) is 6.67. The van der Waals surface area contributed by atoms with Gasteiger partial charge in [-0.05, 0) is 33.2 Å². The number of hydrogen-bond acceptors (Lipinski definition) is 5. The molecule has 0 aromatic carbocycles. The lowest BCUT2D eigenvalue weighted by Crippen LogP contribution is -2.37. The highest BCUT2D eigenvalue weighted by molar-refractivity contribution is 5.91. The zero-order valence-corrected chi connectivity index (χ0v) is 11.5. The molecule has 2 heterocycles. The fourth-order valence-electron chi connectivity index (χ4n) is 2.22. The third kappa shape index (κ3) is 4.65. The number of carbonyl (C=O) groups is 1. The molecule has 0 saturated carbocycles. The molecule has 0 radical (unpaired) electrons. The molecule has 1 N–H and O–H groups in total. The Morgan fingerprint density at radius 3 is 3.05 bits per heavy atom. The second kappa shape index (κ2) is 6.68. The van der Waals surface area contributed by atoms with Crippen LogP contribution >= 0.6 is 0 Å². The van der Waals surface area contributed by atoms with Gasteiger partial charge in [0, 0.05) is 19.2 Å². The maximum Gasteiger partial charge on any atom is 0.239 e. The standard InChI is InChI=1S/C13H21N3O3/c1-10-7-12(15-19-10)14-13(17)9-16(2)8-11-5-3-4-6-18-11/h7,11H,3-6,8-9H2,1-2H3,(H,14,15,17)/t11-/m1/s1. The molecule has 6 nitrogen and oxygen atoms in total. The van der Waals surface area contributed by atoms with Gasteiger partial charge in [0.15, 0.2) is 5.82 Å². The van der Waals surface area contributed by atoms with Gasteiger partial charge in [-0.2, -0.15) is 0 Å². The number of hydrogen-bond donors (Lipinski definition) is 1. The summed E-state index contributed by atoms with van der Waals surface area (Å²) in [5.41, 5.74) is 0. The van der Waals surface area contributed by atoms with Crippen LogP contribution in [0.5, 0.6) is 0 Å². The van der Waals surface area contributed by atoms with E-state index in [1.807, 2.05) is 11.9 Å². The van der Waals surface area contributed by atoms with Crippen molar-refractivity contribution in [3.05, 3.63) is 11.8 Å². The first kappa shape index (κ1) is 14.0. The number of rotatable bonds is 5. The smallest absolute Gasteiger partial charge is 0.239 e. The fourth-order valence-corrected chi connectivity index (χ4v) is 2.22. The highest BCUT2D eigenvalue weighted by atomic mass is 16.5. The summed E-state index contributed by atoms with van der Waals surface area (Å²) in [5.74, 6) is 1.05. The van der Waals surface area contributed by atoms with Gasteiger partial charge in [0.1, 0.15) is 5.76 Å². The van der Waals surface area contributed by atoms with Gasteiger partial charge in [0.2, 0.25) is 5.91 Å². The predicted molar refractivity (Wildman–Crippen MR) is 71.0 cm³/mol. The Morgan fingerprint density at radius 1 is 1.58 bits per heavy atom. The van der Waals surface area contributed by atoms with E-state index in [2.05, 4.69) is 10.5 Å². The van der Waals surface area contributed by atoms with Crippen molar-refractivity contribution in [3.8, 4) is 0 Å². The summed E-state index contributed by atoms with van der Waals surface area (Å²) in [7, 11) is 1.92. The van der Waals surface area contributed by atoms with Crippen molar-refractivity contribution < 1.29 is 14.1 Å². The molecule has 2 rings (SSSR count). The van der Waals surface area contributed by atoms with E-state index in [0.717, 1.165) is 26.0 Å². The van der Waals surface area contributed by atoms with Crippen LogP contribution in [0.15, 0.2) is 10.6 Å². The maximum absolute atomic E-state index is 11.8. The third-order valence-electron chi connectivity index (χ3n) is 3.10. The van der Waals surface area contributed by atoms with E-state index in [0.29, 0.717) is 18.1 Å². The summed E-state index contributed by atoms with van der Waals surface area (Å²) >= 11 is 0. The number of nitrogens with one attached hydrogen (secondary N) is 1. The molecule has 19 heavy (non-hydrogen) atoms. The Bertz CT molecular complexity index is 413. The van der Waals surface area contributed by atoms with Gasteiger partial charge in [-0.1, -0.05) is 5.16 Å². The first-order valence-corrected chi connectivity index (χ1v) is 6.67. The van der Waals surface area contributed by atoms with Crippen molar-refractivity contribution in [2.75, 3.05) is 32.1 Å². The molecule has 0 spiro atoms. The minimum Gasteiger partial charge on any atom is -0.377 e. The largest absolute Gasteiger partial charge is 0.377 e. The molecule has 0 aliphatic carbocycles. The summed E-state index contributed by atoms with van der Waals surface area (Å²) in [6.07, 6.45) is 3.68. The van der Waals surface area contributed by atoms with Crippen molar-refractivity contribution in [2.45, 2.75) is 32.3 Å². The average molecular weight is 267 g/mol. The maximum atomic E-state index is 11.8. The summed E-state index contributed by atoms with van der Waals surface area (Å²) in [4.78, 5) is 13.8. The van der Waals surface area contributed by atoms with Gasteiger partial charge >= 0.3 is 0 Å². The molecular formula is C13H21N3O3. The fraction of sp³-hybridized carbons (Fsp3) is 0.692. The number of anilines is 1. The van der Waals surface area contributed by atoms with Crippen molar-refractivity contribution >= 4 is 11.7 Å². The molecule has 1 atom stereocenters. The van der Waals surface area contributed by atoms with Gasteiger partial charge in [-0.25, -0.2) is 0 Å². The van der Waals surface area contributed by atoms with Crippen LogP contribution in [-0.2, 0) is 9.53 Å². The number of nitrogens with zero attached hydrogens (tertiary/aromatic N) is 2. The molecule has 1 saturated heterocycles. The molecule has 1 aromatic heterocycles. The summed E-state index contributed by atoms with van der Waals surface area (Å²) in [5, 5.41) is 6.43. The zero-order chi connectivity index (χ0) is 13.7. The molecule has 1 amide bonds. The highest BCUT2D eigenvalue weighted by Gasteiger charge is 2.17. The van der Waals surface area contributed by atoms with Crippen LogP contribution < -0.4 is 5.32 Å². The van der Waals surface area contributed by atoms with Crippen molar-refractivity contribution in [3.63, 3.8) is 0 Å². The van der Waals surface area contributed by atoms with E-state index >= 15 is 0 Å². The quantitative estimate of drug-likeness (QED) is 0.874. The Balaban J connectivity index is 1.71. The van der Waals surface area contributed by atoms with Crippen LogP contribution in [0.25, 0.3) is 0 Å². The lowest BCUT2D eigenvalue weighted by Gasteiger charge is -2.26. The SMILES string of the molecule is Cc1cc(NC(=O)CN(C)C[C@H]2CCCCO2)no1. The second-order valence-electron chi connectivity index (χ2n) is 5.06. The predicted octanol–water partition coefficient (Wildman–Crippen LogP) is 1.42. The van der Waals surface area contributed by atoms with Gasteiger partial charge in [-0.3, -0.25) is 9.69 Å². The minimum atomic E-state index is -0.0911. The van der Waals surface area contributed by atoms with Crippen LogP contribution in [0.4, 0.5) is 5.82 Å². The van der Waals surface area contributed by atoms with Crippen molar-refractivity contribution in [1.29, 1.82) is 0 Å². The van der Waals surface area contributed by atoms with E-state index in [1.54, 1.807) is 13.0 Å². The average Bonchev–Trinajstić information content (AvgIpc) is 2.75. The lowest BCUT2D eigenvalue weighted by molar-refractivity contribution is -0.117. The van der Waals surface area contributed by atoms with Crippen LogP contribution in [0.3, 0.4) is 0 Å². The molecule has 0 unspecified atom stereocenters. The molecule has 1 aliphatic heterocycles. The van der Waals surface area contributed by atoms with Gasteiger partial charge < -0.3 is 14.6 Å². The van der Waals surface area contributed by atoms with Crippen LogP contribution in [0.2, 0.25) is 0 Å². The summed E-state index contributed by atoms with van der Waals surface area (Å²) in [6.45, 7) is 3.73. The molecule has 106 valence electrons.